The second-order valence-electron chi connectivity index (χ2n) is 17.5. The Morgan fingerprint density at radius 1 is 0.887 bits per heavy atom. The third-order valence-corrected chi connectivity index (χ3v) is 12.7. The fourth-order valence-corrected chi connectivity index (χ4v) is 8.86. The number of hydrogen-bond acceptors (Lipinski definition) is 14. The molecule has 0 saturated carbocycles. The molecule has 0 amide bonds. The zero-order valence-electron chi connectivity index (χ0n) is 34.6. The standard InChI is InChI=1S/C39H73NO13/c1-15-27-39(12,47)32(43)22(6)29(41)20(4)17-37(10,46)34(53-36-30(42)26(16-21(5)49-36)40(13)19(2)3)23(7)31(24(8)35(45)51-27)52-28-18-38(11,48-14)33(44)25(9)50-28/h19-34,36,41-44,46-47H,15-18H2,1-14H3/t20-,21?,22+,23+,24-,25?,26?,27-,28?,29+,30?,31+,32-,33?,34-,36?,37-,38?,39-/m1/s1. The van der Waals surface area contributed by atoms with Crippen LogP contribution in [0.15, 0.2) is 0 Å². The Hall–Kier alpha value is -1.01. The summed E-state index contributed by atoms with van der Waals surface area (Å²) in [6, 6.07) is -0.205. The van der Waals surface area contributed by atoms with Crippen molar-refractivity contribution in [2.24, 2.45) is 23.7 Å². The number of ether oxygens (including phenoxy) is 6. The highest BCUT2D eigenvalue weighted by molar-refractivity contribution is 5.73. The Morgan fingerprint density at radius 2 is 1.49 bits per heavy atom. The number of aliphatic hydroxyl groups is 6. The minimum Gasteiger partial charge on any atom is -0.459 e. The van der Waals surface area contributed by atoms with E-state index < -0.39 is 108 Å². The van der Waals surface area contributed by atoms with Crippen molar-refractivity contribution in [3.63, 3.8) is 0 Å². The van der Waals surface area contributed by atoms with Gasteiger partial charge in [0.25, 0.3) is 0 Å². The molecule has 3 aliphatic rings. The van der Waals surface area contributed by atoms with E-state index in [9.17, 15) is 35.4 Å². The molecular formula is C39H73NO13. The number of nitrogens with zero attached hydrogens (tertiary/aromatic N) is 1. The van der Waals surface area contributed by atoms with E-state index in [0.29, 0.717) is 6.42 Å². The summed E-state index contributed by atoms with van der Waals surface area (Å²) in [7, 11) is 3.42. The lowest BCUT2D eigenvalue weighted by atomic mass is 9.73. The molecule has 3 fully saturated rings. The van der Waals surface area contributed by atoms with Gasteiger partial charge in [-0.1, -0.05) is 27.7 Å². The number of carbonyl (C=O) groups excluding carboxylic acids is 1. The van der Waals surface area contributed by atoms with Crippen molar-refractivity contribution in [3.05, 3.63) is 0 Å². The zero-order chi connectivity index (χ0) is 40.5. The molecule has 14 heteroatoms. The third kappa shape index (κ3) is 10.1. The van der Waals surface area contributed by atoms with Crippen molar-refractivity contribution in [2.45, 2.75) is 205 Å². The number of esters is 1. The van der Waals surface area contributed by atoms with Gasteiger partial charge in [0.1, 0.15) is 23.9 Å². The van der Waals surface area contributed by atoms with Gasteiger partial charge < -0.3 is 59.1 Å². The summed E-state index contributed by atoms with van der Waals surface area (Å²) >= 11 is 0. The fourth-order valence-electron chi connectivity index (χ4n) is 8.86. The van der Waals surface area contributed by atoms with Crippen LogP contribution >= 0.6 is 0 Å². The molecule has 14 nitrogen and oxygen atoms in total. The Bertz CT molecular complexity index is 1170. The highest BCUT2D eigenvalue weighted by Gasteiger charge is 2.53. The van der Waals surface area contributed by atoms with Crippen molar-refractivity contribution in [1.29, 1.82) is 0 Å². The summed E-state index contributed by atoms with van der Waals surface area (Å²) in [5.74, 6) is -4.12. The van der Waals surface area contributed by atoms with E-state index >= 15 is 0 Å². The predicted molar refractivity (Wildman–Crippen MR) is 196 cm³/mol. The maximum absolute atomic E-state index is 14.2. The average Bonchev–Trinajstić information content (AvgIpc) is 3.08. The van der Waals surface area contributed by atoms with Crippen LogP contribution in [-0.2, 0) is 33.2 Å². The first-order valence-electron chi connectivity index (χ1n) is 19.6. The van der Waals surface area contributed by atoms with Gasteiger partial charge in [0.05, 0.1) is 53.7 Å². The van der Waals surface area contributed by atoms with Gasteiger partial charge in [0, 0.05) is 37.5 Å². The van der Waals surface area contributed by atoms with Crippen LogP contribution in [0.2, 0.25) is 0 Å². The molecule has 3 heterocycles. The lowest BCUT2D eigenvalue weighted by Gasteiger charge is -2.49. The Morgan fingerprint density at radius 3 is 2.04 bits per heavy atom. The smallest absolute Gasteiger partial charge is 0.311 e. The molecule has 8 unspecified atom stereocenters. The Kier molecular flexibility index (Phi) is 15.8. The molecule has 19 atom stereocenters. The summed E-state index contributed by atoms with van der Waals surface area (Å²) in [5, 5.41) is 69.8. The van der Waals surface area contributed by atoms with Crippen LogP contribution in [-0.4, -0.2) is 152 Å². The van der Waals surface area contributed by atoms with Crippen LogP contribution in [0.25, 0.3) is 0 Å². The van der Waals surface area contributed by atoms with E-state index in [-0.39, 0.29) is 37.5 Å². The molecule has 0 aromatic rings. The molecule has 3 aliphatic heterocycles. The van der Waals surface area contributed by atoms with E-state index in [1.807, 2.05) is 27.8 Å². The summed E-state index contributed by atoms with van der Waals surface area (Å²) in [4.78, 5) is 16.2. The summed E-state index contributed by atoms with van der Waals surface area (Å²) in [6.45, 7) is 20.8. The molecule has 312 valence electrons. The van der Waals surface area contributed by atoms with E-state index in [1.54, 1.807) is 55.4 Å². The topological polar surface area (TPSA) is 197 Å². The van der Waals surface area contributed by atoms with Crippen LogP contribution in [0.4, 0.5) is 0 Å². The largest absolute Gasteiger partial charge is 0.459 e. The van der Waals surface area contributed by atoms with Crippen molar-refractivity contribution in [3.8, 4) is 0 Å². The number of hydrogen-bond donors (Lipinski definition) is 6. The Balaban J connectivity index is 2.19. The molecule has 53 heavy (non-hydrogen) atoms. The predicted octanol–water partition coefficient (Wildman–Crippen LogP) is 2.36. The van der Waals surface area contributed by atoms with Crippen molar-refractivity contribution >= 4 is 5.97 Å². The quantitative estimate of drug-likeness (QED) is 0.197. The van der Waals surface area contributed by atoms with Crippen molar-refractivity contribution in [1.82, 2.24) is 4.90 Å². The van der Waals surface area contributed by atoms with Crippen LogP contribution in [0.1, 0.15) is 109 Å². The van der Waals surface area contributed by atoms with Gasteiger partial charge in [0.2, 0.25) is 0 Å². The second kappa shape index (κ2) is 18.1. The summed E-state index contributed by atoms with van der Waals surface area (Å²) in [6.07, 6.45) is -10.5. The molecule has 0 radical (unpaired) electrons. The summed E-state index contributed by atoms with van der Waals surface area (Å²) < 4.78 is 37.4. The van der Waals surface area contributed by atoms with E-state index in [2.05, 4.69) is 4.90 Å². The number of aliphatic hydroxyl groups excluding tert-OH is 4. The number of rotatable bonds is 8. The van der Waals surface area contributed by atoms with Gasteiger partial charge in [-0.05, 0) is 87.6 Å². The van der Waals surface area contributed by atoms with Gasteiger partial charge >= 0.3 is 5.97 Å². The van der Waals surface area contributed by atoms with Gasteiger partial charge in [-0.2, -0.15) is 0 Å². The maximum Gasteiger partial charge on any atom is 0.311 e. The van der Waals surface area contributed by atoms with Crippen molar-refractivity contribution in [2.75, 3.05) is 14.2 Å². The lowest BCUT2D eigenvalue weighted by molar-refractivity contribution is -0.319. The van der Waals surface area contributed by atoms with Crippen molar-refractivity contribution < 1.29 is 63.9 Å². The molecule has 6 N–H and O–H groups in total. The van der Waals surface area contributed by atoms with E-state index in [1.165, 1.54) is 14.0 Å². The van der Waals surface area contributed by atoms with Gasteiger partial charge in [0.15, 0.2) is 12.6 Å². The SMILES string of the molecule is CC[C@H]1OC(=O)[C@H](C)[C@@H](OC2CC(C)(OC)C(O)C(C)O2)[C@H](C)[C@@H](OC2OC(C)CC(N(C)C(C)C)C2O)[C@](C)(O)C[C@@H](C)[C@H](O)[C@H](C)[C@@H](O)[C@]1(C)O. The number of carbonyl (C=O) groups is 1. The molecule has 0 aliphatic carbocycles. The maximum atomic E-state index is 14.2. The number of methoxy groups -OCH3 is 1. The highest BCUT2D eigenvalue weighted by atomic mass is 16.7. The minimum atomic E-state index is -1.94. The monoisotopic (exact) mass is 764 g/mol. The van der Waals surface area contributed by atoms with Gasteiger partial charge in [-0.3, -0.25) is 9.69 Å². The first-order chi connectivity index (χ1) is 24.3. The van der Waals surface area contributed by atoms with Gasteiger partial charge in [-0.25, -0.2) is 0 Å². The van der Waals surface area contributed by atoms with Crippen LogP contribution in [0.5, 0.6) is 0 Å². The number of likely N-dealkylation sites (N-methyl/N-ethyl adjacent to an activating group) is 1. The number of cyclic esters (lactones) is 1. The lowest BCUT2D eigenvalue weighted by Crippen LogP contribution is -2.62. The molecule has 0 aromatic carbocycles. The molecule has 0 aromatic heterocycles. The third-order valence-electron chi connectivity index (χ3n) is 12.7. The average molecular weight is 764 g/mol. The van der Waals surface area contributed by atoms with Crippen LogP contribution < -0.4 is 0 Å². The van der Waals surface area contributed by atoms with Crippen LogP contribution in [0, 0.1) is 23.7 Å². The highest BCUT2D eigenvalue weighted by Crippen LogP contribution is 2.41. The van der Waals surface area contributed by atoms with E-state index in [4.69, 9.17) is 28.4 Å². The van der Waals surface area contributed by atoms with E-state index in [0.717, 1.165) is 0 Å². The fraction of sp³-hybridized carbons (Fsp3) is 0.974. The summed E-state index contributed by atoms with van der Waals surface area (Å²) in [5.41, 5.74) is -4.72. The minimum absolute atomic E-state index is 0.0380. The molecule has 3 saturated heterocycles. The van der Waals surface area contributed by atoms with Crippen LogP contribution in [0.3, 0.4) is 0 Å². The van der Waals surface area contributed by atoms with Gasteiger partial charge in [-0.15, -0.1) is 0 Å². The molecular weight excluding hydrogens is 690 g/mol. The molecule has 3 rings (SSSR count). The molecule has 0 spiro atoms. The Labute approximate surface area is 317 Å². The first kappa shape index (κ1) is 46.4. The normalized spacial score (nSPS) is 49.8. The zero-order valence-corrected chi connectivity index (χ0v) is 34.6. The second-order valence-corrected chi connectivity index (χ2v) is 17.5. The molecule has 0 bridgehead atoms. The first-order valence-corrected chi connectivity index (χ1v) is 19.6.